The fourth-order valence-electron chi connectivity index (χ4n) is 4.40. The van der Waals surface area contributed by atoms with Crippen molar-refractivity contribution in [3.8, 4) is 39.8 Å². The molecule has 6 rings (SSSR count). The van der Waals surface area contributed by atoms with Crippen LogP contribution in [-0.2, 0) is 0 Å². The minimum atomic E-state index is 0.410. The number of hydrogen-bond donors (Lipinski definition) is 0. The first kappa shape index (κ1) is 19.8. The van der Waals surface area contributed by atoms with Crippen LogP contribution in [0.5, 0.6) is 11.5 Å². The minimum absolute atomic E-state index is 0.410. The Hall–Kier alpha value is -4.88. The van der Waals surface area contributed by atoms with E-state index >= 15 is 0 Å². The van der Waals surface area contributed by atoms with E-state index in [2.05, 4.69) is 64.5 Å². The molecule has 0 unspecified atom stereocenters. The first-order valence-electron chi connectivity index (χ1n) is 11.0. The maximum atomic E-state index is 9.10. The highest BCUT2D eigenvalue weighted by molar-refractivity contribution is 5.89. The zero-order valence-electron chi connectivity index (χ0n) is 18.2. The molecular formula is C30H19N3O. The topological polar surface area (TPSA) is 49.2 Å². The van der Waals surface area contributed by atoms with Gasteiger partial charge in [-0.25, -0.2) is 4.98 Å². The molecule has 1 aliphatic rings. The van der Waals surface area contributed by atoms with Gasteiger partial charge in [0.25, 0.3) is 0 Å². The zero-order valence-corrected chi connectivity index (χ0v) is 18.2. The van der Waals surface area contributed by atoms with Gasteiger partial charge in [-0.2, -0.15) is 5.26 Å². The Morgan fingerprint density at radius 3 is 1.94 bits per heavy atom. The van der Waals surface area contributed by atoms with Crippen LogP contribution in [0.4, 0.5) is 17.1 Å². The molecule has 0 spiro atoms. The lowest BCUT2D eigenvalue weighted by Gasteiger charge is -2.33. The molecule has 0 fully saturated rings. The van der Waals surface area contributed by atoms with E-state index in [1.165, 1.54) is 0 Å². The van der Waals surface area contributed by atoms with E-state index in [9.17, 15) is 0 Å². The molecule has 0 radical (unpaired) electrons. The molecule has 0 saturated carbocycles. The van der Waals surface area contributed by atoms with Crippen molar-refractivity contribution in [2.24, 2.45) is 0 Å². The average molecular weight is 438 g/mol. The molecule has 5 aromatic rings. The zero-order chi connectivity index (χ0) is 22.9. The highest BCUT2D eigenvalue weighted by Crippen LogP contribution is 2.50. The van der Waals surface area contributed by atoms with Crippen molar-refractivity contribution in [3.05, 3.63) is 121 Å². The molecule has 1 aromatic heterocycles. The first-order valence-corrected chi connectivity index (χ1v) is 11.0. The predicted octanol–water partition coefficient (Wildman–Crippen LogP) is 7.86. The SMILES string of the molecule is N#Cc1ccc(-c2ccccc2-c2cccc(N3c4ccccc4Oc4ccccc43)c2)cn1. The highest BCUT2D eigenvalue weighted by Gasteiger charge is 2.25. The molecule has 2 heterocycles. The second-order valence-corrected chi connectivity index (χ2v) is 8.01. The molecule has 1 aliphatic heterocycles. The molecule has 0 N–H and O–H groups in total. The molecule has 4 nitrogen and oxygen atoms in total. The summed E-state index contributed by atoms with van der Waals surface area (Å²) in [7, 11) is 0. The fraction of sp³-hybridized carbons (Fsp3) is 0. The highest BCUT2D eigenvalue weighted by atomic mass is 16.5. The van der Waals surface area contributed by atoms with Crippen molar-refractivity contribution >= 4 is 17.1 Å². The summed E-state index contributed by atoms with van der Waals surface area (Å²) in [4.78, 5) is 6.51. The summed E-state index contributed by atoms with van der Waals surface area (Å²) >= 11 is 0. The Morgan fingerprint density at radius 2 is 1.29 bits per heavy atom. The van der Waals surface area contributed by atoms with E-state index in [1.807, 2.05) is 54.6 Å². The van der Waals surface area contributed by atoms with Gasteiger partial charge in [0, 0.05) is 17.4 Å². The maximum Gasteiger partial charge on any atom is 0.151 e. The summed E-state index contributed by atoms with van der Waals surface area (Å²) in [6, 6.07) is 38.8. The number of nitriles is 1. The van der Waals surface area contributed by atoms with Crippen LogP contribution in [0, 0.1) is 11.3 Å². The number of rotatable bonds is 3. The summed E-state index contributed by atoms with van der Waals surface area (Å²) < 4.78 is 6.17. The van der Waals surface area contributed by atoms with Gasteiger partial charge in [-0.15, -0.1) is 0 Å². The quantitative estimate of drug-likeness (QED) is 0.283. The molecular weight excluding hydrogens is 418 g/mol. The molecule has 0 aliphatic carbocycles. The van der Waals surface area contributed by atoms with Crippen LogP contribution in [-0.4, -0.2) is 4.98 Å². The predicted molar refractivity (Wildman–Crippen MR) is 135 cm³/mol. The monoisotopic (exact) mass is 437 g/mol. The molecule has 4 aromatic carbocycles. The lowest BCUT2D eigenvalue weighted by Crippen LogP contribution is -2.15. The van der Waals surface area contributed by atoms with Crippen LogP contribution >= 0.6 is 0 Å². The molecule has 34 heavy (non-hydrogen) atoms. The Morgan fingerprint density at radius 1 is 0.647 bits per heavy atom. The van der Waals surface area contributed by atoms with E-state index in [1.54, 1.807) is 12.3 Å². The number of anilines is 3. The Kier molecular flexibility index (Phi) is 4.79. The molecule has 0 bridgehead atoms. The van der Waals surface area contributed by atoms with Gasteiger partial charge in [0.15, 0.2) is 11.5 Å². The second kappa shape index (κ2) is 8.23. The largest absolute Gasteiger partial charge is 0.453 e. The Bertz CT molecular complexity index is 1500. The normalized spacial score (nSPS) is 11.7. The maximum absolute atomic E-state index is 9.10. The van der Waals surface area contributed by atoms with Gasteiger partial charge in [-0.3, -0.25) is 0 Å². The van der Waals surface area contributed by atoms with Gasteiger partial charge in [0.05, 0.1) is 11.4 Å². The number of aromatic nitrogens is 1. The number of benzene rings is 4. The van der Waals surface area contributed by atoms with Crippen molar-refractivity contribution in [2.75, 3.05) is 4.90 Å². The Labute approximate surface area is 198 Å². The van der Waals surface area contributed by atoms with E-state index in [4.69, 9.17) is 10.00 Å². The summed E-state index contributed by atoms with van der Waals surface area (Å²) in [6.07, 6.45) is 1.76. The van der Waals surface area contributed by atoms with Gasteiger partial charge in [-0.05, 0) is 65.2 Å². The van der Waals surface area contributed by atoms with Crippen LogP contribution in [0.3, 0.4) is 0 Å². The minimum Gasteiger partial charge on any atom is -0.453 e. The van der Waals surface area contributed by atoms with Gasteiger partial charge in [0.2, 0.25) is 0 Å². The molecule has 0 amide bonds. The van der Waals surface area contributed by atoms with Gasteiger partial charge in [-0.1, -0.05) is 60.7 Å². The van der Waals surface area contributed by atoms with Gasteiger partial charge in [0.1, 0.15) is 11.8 Å². The summed E-state index contributed by atoms with van der Waals surface area (Å²) in [5.41, 5.74) is 7.71. The van der Waals surface area contributed by atoms with E-state index in [0.717, 1.165) is 50.8 Å². The van der Waals surface area contributed by atoms with E-state index < -0.39 is 0 Å². The molecule has 160 valence electrons. The summed E-state index contributed by atoms with van der Waals surface area (Å²) in [5, 5.41) is 9.10. The lowest BCUT2D eigenvalue weighted by atomic mass is 9.95. The van der Waals surface area contributed by atoms with Crippen LogP contribution in [0.2, 0.25) is 0 Å². The number of para-hydroxylation sites is 4. The smallest absolute Gasteiger partial charge is 0.151 e. The van der Waals surface area contributed by atoms with Gasteiger partial charge < -0.3 is 9.64 Å². The summed E-state index contributed by atoms with van der Waals surface area (Å²) in [5.74, 6) is 1.66. The average Bonchev–Trinajstić information content (AvgIpc) is 2.92. The fourth-order valence-corrected chi connectivity index (χ4v) is 4.40. The third-order valence-corrected chi connectivity index (χ3v) is 5.96. The Balaban J connectivity index is 1.49. The van der Waals surface area contributed by atoms with Crippen molar-refractivity contribution in [1.82, 2.24) is 4.98 Å². The van der Waals surface area contributed by atoms with Crippen LogP contribution < -0.4 is 9.64 Å². The van der Waals surface area contributed by atoms with Crippen molar-refractivity contribution in [3.63, 3.8) is 0 Å². The van der Waals surface area contributed by atoms with Crippen molar-refractivity contribution in [2.45, 2.75) is 0 Å². The number of ether oxygens (including phenoxy) is 1. The number of hydrogen-bond acceptors (Lipinski definition) is 4. The molecule has 4 heteroatoms. The number of nitrogens with zero attached hydrogens (tertiary/aromatic N) is 3. The molecule has 0 atom stereocenters. The van der Waals surface area contributed by atoms with Crippen LogP contribution in [0.1, 0.15) is 5.69 Å². The number of pyridine rings is 1. The van der Waals surface area contributed by atoms with Crippen molar-refractivity contribution < 1.29 is 4.74 Å². The van der Waals surface area contributed by atoms with Gasteiger partial charge >= 0.3 is 0 Å². The van der Waals surface area contributed by atoms with E-state index in [-0.39, 0.29) is 0 Å². The third-order valence-electron chi connectivity index (χ3n) is 5.96. The summed E-state index contributed by atoms with van der Waals surface area (Å²) in [6.45, 7) is 0. The number of fused-ring (bicyclic) bond motifs is 2. The van der Waals surface area contributed by atoms with Crippen LogP contribution in [0.15, 0.2) is 115 Å². The van der Waals surface area contributed by atoms with Crippen molar-refractivity contribution in [1.29, 1.82) is 5.26 Å². The van der Waals surface area contributed by atoms with Crippen LogP contribution in [0.25, 0.3) is 22.3 Å². The first-order chi connectivity index (χ1) is 16.8. The molecule has 0 saturated heterocycles. The standard InChI is InChI=1S/C30H19N3O/c31-19-23-17-16-22(20-32-23)26-11-2-1-10-25(26)21-8-7-9-24(18-21)33-27-12-3-5-14-29(27)34-30-15-6-4-13-28(30)33/h1-18,20H. The third kappa shape index (κ3) is 3.37. The van der Waals surface area contributed by atoms with E-state index in [0.29, 0.717) is 5.69 Å². The lowest BCUT2D eigenvalue weighted by molar-refractivity contribution is 0.477. The second-order valence-electron chi connectivity index (χ2n) is 8.01.